The maximum atomic E-state index is 11.7. The van der Waals surface area contributed by atoms with Crippen molar-refractivity contribution in [3.63, 3.8) is 0 Å². The maximum absolute atomic E-state index is 11.7. The lowest BCUT2D eigenvalue weighted by atomic mass is 10.2. The summed E-state index contributed by atoms with van der Waals surface area (Å²) in [5.41, 5.74) is 1.03. The Morgan fingerprint density at radius 3 is 2.44 bits per heavy atom. The molecule has 0 amide bonds. The van der Waals surface area contributed by atoms with Crippen LogP contribution in [0.2, 0.25) is 0 Å². The van der Waals surface area contributed by atoms with Gasteiger partial charge in [-0.1, -0.05) is 18.2 Å². The van der Waals surface area contributed by atoms with Gasteiger partial charge in [-0.2, -0.15) is 0 Å². The molecule has 0 atom stereocenters. The molecule has 0 radical (unpaired) electrons. The first-order chi connectivity index (χ1) is 7.60. The van der Waals surface area contributed by atoms with E-state index in [9.17, 15) is 8.42 Å². The van der Waals surface area contributed by atoms with E-state index >= 15 is 0 Å². The molecule has 0 saturated carbocycles. The number of alkyl halides is 1. The molecular formula is C11H14ClNO2S. The molecule has 0 unspecified atom stereocenters. The van der Waals surface area contributed by atoms with E-state index in [-0.39, 0.29) is 11.4 Å². The average molecular weight is 260 g/mol. The van der Waals surface area contributed by atoms with Crippen LogP contribution in [0.1, 0.15) is 5.56 Å². The molecule has 0 aliphatic rings. The van der Waals surface area contributed by atoms with Crippen LogP contribution in [0.3, 0.4) is 0 Å². The summed E-state index contributed by atoms with van der Waals surface area (Å²) < 4.78 is 25.8. The Morgan fingerprint density at radius 2 is 1.94 bits per heavy atom. The van der Waals surface area contributed by atoms with Gasteiger partial charge in [-0.25, -0.2) is 13.1 Å². The highest BCUT2D eigenvalue weighted by atomic mass is 35.5. The van der Waals surface area contributed by atoms with Crippen LogP contribution < -0.4 is 4.72 Å². The molecule has 0 aliphatic carbocycles. The third kappa shape index (κ3) is 3.63. The number of nitrogens with one attached hydrogen (secondary N) is 1. The fraction of sp³-hybridized carbons (Fsp3) is 0.273. The highest BCUT2D eigenvalue weighted by Crippen LogP contribution is 2.11. The Hall–Kier alpha value is -0.840. The van der Waals surface area contributed by atoms with Crippen LogP contribution >= 0.6 is 11.6 Å². The molecule has 3 nitrogen and oxygen atoms in total. The van der Waals surface area contributed by atoms with Crippen molar-refractivity contribution >= 4 is 21.6 Å². The van der Waals surface area contributed by atoms with E-state index in [1.54, 1.807) is 24.3 Å². The predicted octanol–water partition coefficient (Wildman–Crippen LogP) is 1.93. The van der Waals surface area contributed by atoms with Gasteiger partial charge >= 0.3 is 0 Å². The predicted molar refractivity (Wildman–Crippen MR) is 66.3 cm³/mol. The maximum Gasteiger partial charge on any atom is 0.240 e. The second-order valence-corrected chi connectivity index (χ2v) is 5.37. The first-order valence-electron chi connectivity index (χ1n) is 4.85. The second kappa shape index (κ2) is 6.03. The van der Waals surface area contributed by atoms with E-state index < -0.39 is 10.0 Å². The minimum Gasteiger partial charge on any atom is -0.207 e. The quantitative estimate of drug-likeness (QED) is 0.627. The zero-order valence-corrected chi connectivity index (χ0v) is 10.4. The van der Waals surface area contributed by atoms with Crippen LogP contribution in [0.15, 0.2) is 41.8 Å². The molecule has 1 aromatic carbocycles. The molecule has 0 saturated heterocycles. The number of hydrogen-bond donors (Lipinski definition) is 1. The molecule has 88 valence electrons. The smallest absolute Gasteiger partial charge is 0.207 e. The summed E-state index contributed by atoms with van der Waals surface area (Å²) >= 11 is 5.59. The number of hydrogen-bond acceptors (Lipinski definition) is 2. The second-order valence-electron chi connectivity index (χ2n) is 3.22. The molecule has 1 rings (SSSR count). The molecule has 0 spiro atoms. The Bertz CT molecular complexity index is 440. The van der Waals surface area contributed by atoms with E-state index in [4.69, 9.17) is 11.6 Å². The largest absolute Gasteiger partial charge is 0.240 e. The molecule has 0 heterocycles. The highest BCUT2D eigenvalue weighted by molar-refractivity contribution is 7.89. The molecule has 0 aromatic heterocycles. The number of benzene rings is 1. The number of rotatable bonds is 6. The van der Waals surface area contributed by atoms with E-state index in [1.807, 2.05) is 0 Å². The Kier molecular flexibility index (Phi) is 4.99. The van der Waals surface area contributed by atoms with Crippen LogP contribution in [0.4, 0.5) is 0 Å². The Labute approximate surface area is 101 Å². The average Bonchev–Trinajstić information content (AvgIpc) is 2.28. The van der Waals surface area contributed by atoms with Crippen molar-refractivity contribution in [3.05, 3.63) is 42.5 Å². The zero-order chi connectivity index (χ0) is 12.0. The van der Waals surface area contributed by atoms with Gasteiger partial charge in [0, 0.05) is 12.4 Å². The zero-order valence-electron chi connectivity index (χ0n) is 8.82. The lowest BCUT2D eigenvalue weighted by molar-refractivity contribution is 0.585. The number of aryl methyl sites for hydroxylation is 1. The molecule has 0 aliphatic heterocycles. The van der Waals surface area contributed by atoms with Crippen molar-refractivity contribution in [1.82, 2.24) is 4.72 Å². The van der Waals surface area contributed by atoms with Gasteiger partial charge in [0.05, 0.1) is 4.90 Å². The Balaban J connectivity index is 2.84. The van der Waals surface area contributed by atoms with Crippen molar-refractivity contribution in [2.24, 2.45) is 0 Å². The van der Waals surface area contributed by atoms with Gasteiger partial charge in [-0.3, -0.25) is 0 Å². The van der Waals surface area contributed by atoms with Gasteiger partial charge in [-0.05, 0) is 24.1 Å². The third-order valence-electron chi connectivity index (χ3n) is 2.03. The van der Waals surface area contributed by atoms with E-state index in [0.717, 1.165) is 12.0 Å². The van der Waals surface area contributed by atoms with Crippen LogP contribution in [-0.4, -0.2) is 20.8 Å². The summed E-state index contributed by atoms with van der Waals surface area (Å²) in [6.45, 7) is 3.68. The molecule has 0 fully saturated rings. The summed E-state index contributed by atoms with van der Waals surface area (Å²) in [4.78, 5) is 0.257. The Morgan fingerprint density at radius 1 is 1.31 bits per heavy atom. The minimum atomic E-state index is -3.41. The third-order valence-corrected chi connectivity index (χ3v) is 3.66. The SMILES string of the molecule is C=CCNS(=O)(=O)c1ccc(CCCl)cc1. The summed E-state index contributed by atoms with van der Waals surface area (Å²) in [5, 5.41) is 0. The molecule has 0 bridgehead atoms. The summed E-state index contributed by atoms with van der Waals surface area (Å²) in [5.74, 6) is 0.529. The van der Waals surface area contributed by atoms with Gasteiger partial charge in [0.15, 0.2) is 0 Å². The van der Waals surface area contributed by atoms with Crippen molar-refractivity contribution in [2.45, 2.75) is 11.3 Å². The summed E-state index contributed by atoms with van der Waals surface area (Å²) in [6.07, 6.45) is 2.24. The van der Waals surface area contributed by atoms with Gasteiger partial charge in [0.2, 0.25) is 10.0 Å². The summed E-state index contributed by atoms with van der Waals surface area (Å²) in [6, 6.07) is 6.69. The molecule has 16 heavy (non-hydrogen) atoms. The normalized spacial score (nSPS) is 11.3. The molecular weight excluding hydrogens is 246 g/mol. The van der Waals surface area contributed by atoms with Crippen LogP contribution in [0, 0.1) is 0 Å². The molecule has 5 heteroatoms. The first-order valence-corrected chi connectivity index (χ1v) is 6.87. The number of halogens is 1. The van der Waals surface area contributed by atoms with Crippen molar-refractivity contribution in [1.29, 1.82) is 0 Å². The monoisotopic (exact) mass is 259 g/mol. The standard InChI is InChI=1S/C11H14ClNO2S/c1-2-9-13-16(14,15)11-5-3-10(4-6-11)7-8-12/h2-6,13H,1,7-9H2. The topological polar surface area (TPSA) is 46.2 Å². The molecule has 1 N–H and O–H groups in total. The van der Waals surface area contributed by atoms with Gasteiger partial charge < -0.3 is 0 Å². The van der Waals surface area contributed by atoms with Crippen LogP contribution in [-0.2, 0) is 16.4 Å². The van der Waals surface area contributed by atoms with Crippen LogP contribution in [0.25, 0.3) is 0 Å². The fourth-order valence-electron chi connectivity index (χ4n) is 1.20. The van der Waals surface area contributed by atoms with Gasteiger partial charge in [-0.15, -0.1) is 18.2 Å². The fourth-order valence-corrected chi connectivity index (χ4v) is 2.41. The van der Waals surface area contributed by atoms with Crippen molar-refractivity contribution in [3.8, 4) is 0 Å². The lowest BCUT2D eigenvalue weighted by Gasteiger charge is -2.05. The molecule has 1 aromatic rings. The lowest BCUT2D eigenvalue weighted by Crippen LogP contribution is -2.23. The summed E-state index contributed by atoms with van der Waals surface area (Å²) in [7, 11) is -3.41. The van der Waals surface area contributed by atoms with E-state index in [0.29, 0.717) is 5.88 Å². The first kappa shape index (κ1) is 13.2. The van der Waals surface area contributed by atoms with Crippen molar-refractivity contribution in [2.75, 3.05) is 12.4 Å². The van der Waals surface area contributed by atoms with E-state index in [1.165, 1.54) is 6.08 Å². The minimum absolute atomic E-state index is 0.228. The number of sulfonamides is 1. The van der Waals surface area contributed by atoms with Crippen LogP contribution in [0.5, 0.6) is 0 Å². The highest BCUT2D eigenvalue weighted by Gasteiger charge is 2.11. The van der Waals surface area contributed by atoms with E-state index in [2.05, 4.69) is 11.3 Å². The van der Waals surface area contributed by atoms with Gasteiger partial charge in [0.25, 0.3) is 0 Å². The van der Waals surface area contributed by atoms with Gasteiger partial charge in [0.1, 0.15) is 0 Å². The van der Waals surface area contributed by atoms with Crippen molar-refractivity contribution < 1.29 is 8.42 Å².